The van der Waals surface area contributed by atoms with Crippen molar-refractivity contribution in [2.75, 3.05) is 77.6 Å². The Hall–Kier alpha value is -4.63. The number of nitrogens with one attached hydrogen (secondary N) is 2. The first-order valence-corrected chi connectivity index (χ1v) is 16.4. The smallest absolute Gasteiger partial charge is 0.249 e. The molecule has 262 valence electrons. The maximum atomic E-state index is 13.0. The summed E-state index contributed by atoms with van der Waals surface area (Å²) in [4.78, 5) is 58.8. The molecule has 5 rings (SSSR count). The number of oxazole rings is 1. The third-order valence-electron chi connectivity index (χ3n) is 8.41. The van der Waals surface area contributed by atoms with Crippen LogP contribution in [0.4, 0.5) is 11.4 Å². The second-order valence-corrected chi connectivity index (χ2v) is 11.7. The van der Waals surface area contributed by atoms with E-state index in [1.54, 1.807) is 66.6 Å². The molecular weight excluding hydrogens is 634 g/mol. The van der Waals surface area contributed by atoms with E-state index in [0.717, 1.165) is 24.0 Å². The van der Waals surface area contributed by atoms with Gasteiger partial charge >= 0.3 is 0 Å². The minimum atomic E-state index is -0.551. The number of hydrogen-bond acceptors (Lipinski definition) is 10. The van der Waals surface area contributed by atoms with Crippen molar-refractivity contribution in [3.63, 3.8) is 0 Å². The molecule has 4 amide bonds. The Morgan fingerprint density at radius 1 is 0.714 bits per heavy atom. The zero-order chi connectivity index (χ0) is 34.6. The summed E-state index contributed by atoms with van der Waals surface area (Å²) in [5, 5.41) is 5.82. The molecule has 2 fully saturated rings. The number of benzene rings is 2. The number of likely N-dealkylation sites (tertiary alicyclic amines) is 2. The number of nitrogens with zero attached hydrogens (tertiary/aromatic N) is 3. The van der Waals surface area contributed by atoms with Gasteiger partial charge in [0.15, 0.2) is 5.76 Å². The van der Waals surface area contributed by atoms with Gasteiger partial charge in [0.1, 0.15) is 25.3 Å². The maximum Gasteiger partial charge on any atom is 0.249 e. The highest BCUT2D eigenvalue weighted by Crippen LogP contribution is 2.29. The molecule has 0 bridgehead atoms. The normalized spacial score (nSPS) is 17.3. The third-order valence-corrected chi connectivity index (χ3v) is 8.41. The fraction of sp³-hybridized carbons (Fsp3) is 0.457. The molecule has 3 aromatic rings. The maximum absolute atomic E-state index is 13.0. The van der Waals surface area contributed by atoms with Crippen LogP contribution in [0.25, 0.3) is 22.8 Å². The Balaban J connectivity index is 1.12. The van der Waals surface area contributed by atoms with Crippen molar-refractivity contribution < 1.29 is 42.5 Å². The van der Waals surface area contributed by atoms with Crippen LogP contribution >= 0.6 is 0 Å². The molecule has 14 heteroatoms. The zero-order valence-electron chi connectivity index (χ0n) is 27.9. The highest BCUT2D eigenvalue weighted by Gasteiger charge is 2.35. The van der Waals surface area contributed by atoms with Gasteiger partial charge in [-0.25, -0.2) is 4.98 Å². The Kier molecular flexibility index (Phi) is 12.9. The van der Waals surface area contributed by atoms with Crippen LogP contribution in [0.2, 0.25) is 0 Å². The molecule has 0 aliphatic carbocycles. The molecule has 2 aromatic carbocycles. The second kappa shape index (κ2) is 17.7. The topological polar surface area (TPSA) is 162 Å². The fourth-order valence-corrected chi connectivity index (χ4v) is 5.85. The van der Waals surface area contributed by atoms with Crippen LogP contribution < -0.4 is 10.6 Å². The summed E-state index contributed by atoms with van der Waals surface area (Å²) in [6, 6.07) is 13.2. The van der Waals surface area contributed by atoms with E-state index in [1.165, 1.54) is 0 Å². The number of hydrogen-bond donors (Lipinski definition) is 2. The molecule has 3 heterocycles. The lowest BCUT2D eigenvalue weighted by Gasteiger charge is -2.24. The van der Waals surface area contributed by atoms with Crippen molar-refractivity contribution in [1.82, 2.24) is 14.8 Å². The first-order valence-electron chi connectivity index (χ1n) is 16.4. The Morgan fingerprint density at radius 2 is 1.18 bits per heavy atom. The molecular formula is C35H43N5O9. The van der Waals surface area contributed by atoms with Crippen LogP contribution in [0, 0.1) is 0 Å². The molecule has 2 N–H and O–H groups in total. The molecule has 2 aliphatic heterocycles. The number of carbonyl (C=O) groups excluding carboxylic acids is 4. The SMILES string of the molecule is COCCOCC(=O)N1CCC[C@H]1C(=O)Nc1ccc(-c2cnc(-c3ccc(NC(=O)[C@@H]4CCCN4C(=O)COCCOC)cc3)o2)cc1. The van der Waals surface area contributed by atoms with E-state index in [9.17, 15) is 19.2 Å². The zero-order valence-corrected chi connectivity index (χ0v) is 27.9. The van der Waals surface area contributed by atoms with E-state index >= 15 is 0 Å². The number of anilines is 2. The first kappa shape index (κ1) is 35.7. The largest absolute Gasteiger partial charge is 0.436 e. The van der Waals surface area contributed by atoms with Gasteiger partial charge in [-0.15, -0.1) is 0 Å². The predicted octanol–water partition coefficient (Wildman–Crippen LogP) is 3.19. The molecule has 0 radical (unpaired) electrons. The second-order valence-electron chi connectivity index (χ2n) is 11.7. The van der Waals surface area contributed by atoms with E-state index in [2.05, 4.69) is 15.6 Å². The monoisotopic (exact) mass is 677 g/mol. The summed E-state index contributed by atoms with van der Waals surface area (Å²) in [6.07, 6.45) is 4.30. The van der Waals surface area contributed by atoms with Gasteiger partial charge in [0, 0.05) is 49.8 Å². The van der Waals surface area contributed by atoms with Crippen LogP contribution in [0.5, 0.6) is 0 Å². The average Bonchev–Trinajstić information content (AvgIpc) is 3.91. The summed E-state index contributed by atoms with van der Waals surface area (Å²) in [6.45, 7) is 2.29. The van der Waals surface area contributed by atoms with Crippen molar-refractivity contribution in [2.24, 2.45) is 0 Å². The molecule has 1 aromatic heterocycles. The number of amides is 4. The van der Waals surface area contributed by atoms with Crippen LogP contribution in [0.3, 0.4) is 0 Å². The van der Waals surface area contributed by atoms with Crippen molar-refractivity contribution in [3.05, 3.63) is 54.7 Å². The quantitative estimate of drug-likeness (QED) is 0.216. The lowest BCUT2D eigenvalue weighted by atomic mass is 10.1. The summed E-state index contributed by atoms with van der Waals surface area (Å²) in [5.41, 5.74) is 2.68. The lowest BCUT2D eigenvalue weighted by Crippen LogP contribution is -2.44. The molecule has 0 unspecified atom stereocenters. The molecule has 2 aliphatic rings. The van der Waals surface area contributed by atoms with Crippen molar-refractivity contribution >= 4 is 35.0 Å². The number of aromatic nitrogens is 1. The van der Waals surface area contributed by atoms with Gasteiger partial charge in [-0.05, 0) is 74.2 Å². The van der Waals surface area contributed by atoms with Crippen molar-refractivity contribution in [1.29, 1.82) is 0 Å². The number of methoxy groups -OCH3 is 2. The summed E-state index contributed by atoms with van der Waals surface area (Å²) < 4.78 is 26.6. The van der Waals surface area contributed by atoms with Crippen LogP contribution in [-0.2, 0) is 38.1 Å². The summed E-state index contributed by atoms with van der Waals surface area (Å²) in [5.74, 6) is 0.0365. The number of carbonyl (C=O) groups is 4. The highest BCUT2D eigenvalue weighted by molar-refractivity contribution is 5.98. The van der Waals surface area contributed by atoms with Gasteiger partial charge in [-0.2, -0.15) is 0 Å². The average molecular weight is 678 g/mol. The third kappa shape index (κ3) is 9.50. The van der Waals surface area contributed by atoms with Crippen LogP contribution in [0.1, 0.15) is 25.7 Å². The van der Waals surface area contributed by atoms with Gasteiger partial charge in [-0.1, -0.05) is 0 Å². The van der Waals surface area contributed by atoms with Crippen molar-refractivity contribution in [2.45, 2.75) is 37.8 Å². The van der Waals surface area contributed by atoms with E-state index < -0.39 is 12.1 Å². The fourth-order valence-electron chi connectivity index (χ4n) is 5.85. The van der Waals surface area contributed by atoms with Gasteiger partial charge in [0.05, 0.1) is 32.6 Å². The number of ether oxygens (including phenoxy) is 4. The van der Waals surface area contributed by atoms with E-state index in [1.807, 2.05) is 12.1 Å². The molecule has 0 spiro atoms. The number of rotatable bonds is 16. The Morgan fingerprint density at radius 3 is 1.65 bits per heavy atom. The van der Waals surface area contributed by atoms with Crippen LogP contribution in [-0.4, -0.2) is 117 Å². The van der Waals surface area contributed by atoms with Gasteiger partial charge in [0.25, 0.3) is 0 Å². The Labute approximate surface area is 285 Å². The van der Waals surface area contributed by atoms with E-state index in [-0.39, 0.29) is 36.8 Å². The van der Waals surface area contributed by atoms with E-state index in [4.69, 9.17) is 23.4 Å². The minimum Gasteiger partial charge on any atom is -0.436 e. The molecule has 2 saturated heterocycles. The van der Waals surface area contributed by atoms with Gasteiger partial charge in [0.2, 0.25) is 29.5 Å². The summed E-state index contributed by atoms with van der Waals surface area (Å²) in [7, 11) is 3.13. The Bertz CT molecular complexity index is 1450. The predicted molar refractivity (Wildman–Crippen MR) is 179 cm³/mol. The molecule has 0 saturated carbocycles. The standard InChI is InChI=1S/C35H43N5O9/c1-45-17-19-47-22-31(41)39-15-3-5-28(39)33(43)37-26-11-7-24(8-12-26)30-21-36-35(49-30)25-9-13-27(14-10-25)38-34(44)29-6-4-16-40(29)32(42)23-48-20-18-46-2/h7-14,21,28-29H,3-6,15-20,22-23H2,1-2H3,(H,37,43)(H,38,44)/t28-,29-/m0/s1. The molecule has 2 atom stereocenters. The lowest BCUT2D eigenvalue weighted by molar-refractivity contribution is -0.141. The highest BCUT2D eigenvalue weighted by atomic mass is 16.5. The first-order chi connectivity index (χ1) is 23.9. The molecule has 49 heavy (non-hydrogen) atoms. The van der Waals surface area contributed by atoms with E-state index in [0.29, 0.717) is 75.4 Å². The van der Waals surface area contributed by atoms with Crippen molar-refractivity contribution in [3.8, 4) is 22.8 Å². The minimum absolute atomic E-state index is 0.0861. The van der Waals surface area contributed by atoms with Gasteiger partial charge < -0.3 is 43.8 Å². The van der Waals surface area contributed by atoms with Crippen LogP contribution in [0.15, 0.2) is 59.1 Å². The summed E-state index contributed by atoms with van der Waals surface area (Å²) >= 11 is 0. The molecule has 14 nitrogen and oxygen atoms in total. The van der Waals surface area contributed by atoms with Gasteiger partial charge in [-0.3, -0.25) is 19.2 Å².